The van der Waals surface area contributed by atoms with Gasteiger partial charge in [0.25, 0.3) is 5.91 Å². The molecule has 0 unspecified atom stereocenters. The van der Waals surface area contributed by atoms with Crippen molar-refractivity contribution >= 4 is 29.4 Å². The summed E-state index contributed by atoms with van der Waals surface area (Å²) in [6, 6.07) is 11.7. The molecular formula is C20H18N4O5. The van der Waals surface area contributed by atoms with Crippen LogP contribution in [-0.2, 0) is 21.7 Å². The molecule has 1 atom stereocenters. The number of amides is 4. The SMILES string of the molecule is COc1ccc(CN(C=O)C[C@@]2(c3cc4cccnc4o3)NC(=O)NC2=O)cc1. The summed E-state index contributed by atoms with van der Waals surface area (Å²) < 4.78 is 10.9. The van der Waals surface area contributed by atoms with Crippen LogP contribution >= 0.6 is 0 Å². The van der Waals surface area contributed by atoms with E-state index in [0.29, 0.717) is 23.3 Å². The number of furan rings is 1. The molecule has 4 rings (SSSR count). The number of benzene rings is 1. The smallest absolute Gasteiger partial charge is 0.322 e. The fraction of sp³-hybridized carbons (Fsp3) is 0.200. The van der Waals surface area contributed by atoms with Crippen LogP contribution in [0.1, 0.15) is 11.3 Å². The van der Waals surface area contributed by atoms with Gasteiger partial charge in [0, 0.05) is 18.1 Å². The normalized spacial score (nSPS) is 18.4. The van der Waals surface area contributed by atoms with Gasteiger partial charge in [-0.15, -0.1) is 0 Å². The number of hydrogen-bond donors (Lipinski definition) is 2. The minimum Gasteiger partial charge on any atom is -0.497 e. The molecule has 9 nitrogen and oxygen atoms in total. The van der Waals surface area contributed by atoms with Crippen LogP contribution in [0.3, 0.4) is 0 Å². The maximum Gasteiger partial charge on any atom is 0.322 e. The van der Waals surface area contributed by atoms with Gasteiger partial charge in [0.05, 0.1) is 13.7 Å². The number of carbonyl (C=O) groups is 3. The largest absolute Gasteiger partial charge is 0.497 e. The Bertz CT molecular complexity index is 1040. The van der Waals surface area contributed by atoms with Gasteiger partial charge in [-0.2, -0.15) is 0 Å². The number of nitrogens with zero attached hydrogens (tertiary/aromatic N) is 2. The first-order valence-corrected chi connectivity index (χ1v) is 8.85. The van der Waals surface area contributed by atoms with Gasteiger partial charge in [0.1, 0.15) is 11.5 Å². The summed E-state index contributed by atoms with van der Waals surface area (Å²) in [7, 11) is 1.57. The monoisotopic (exact) mass is 394 g/mol. The lowest BCUT2D eigenvalue weighted by Crippen LogP contribution is -2.52. The molecule has 1 fully saturated rings. The summed E-state index contributed by atoms with van der Waals surface area (Å²) in [6.07, 6.45) is 2.20. The zero-order chi connectivity index (χ0) is 20.4. The first-order valence-electron chi connectivity index (χ1n) is 8.85. The Hall–Kier alpha value is -3.88. The van der Waals surface area contributed by atoms with E-state index >= 15 is 0 Å². The molecule has 4 amide bonds. The van der Waals surface area contributed by atoms with E-state index in [1.165, 1.54) is 4.90 Å². The fourth-order valence-electron chi connectivity index (χ4n) is 3.34. The summed E-state index contributed by atoms with van der Waals surface area (Å²) >= 11 is 0. The van der Waals surface area contributed by atoms with Gasteiger partial charge in [-0.05, 0) is 35.9 Å². The van der Waals surface area contributed by atoms with Crippen LogP contribution in [0.15, 0.2) is 53.1 Å². The summed E-state index contributed by atoms with van der Waals surface area (Å²) in [5, 5.41) is 5.54. The first-order chi connectivity index (χ1) is 14.0. The van der Waals surface area contributed by atoms with Gasteiger partial charge in [-0.3, -0.25) is 14.9 Å². The second-order valence-corrected chi connectivity index (χ2v) is 6.68. The standard InChI is InChI=1S/C20H18N4O5/c1-28-15-6-4-13(5-7-15)10-24(12-25)11-20(18(26)22-19(27)23-20)16-9-14-3-2-8-21-17(14)29-16/h2-9,12H,10-11H2,1H3,(H2,22,23,26,27)/t20-/m0/s1. The van der Waals surface area contributed by atoms with Crippen LogP contribution in [0.4, 0.5) is 4.79 Å². The molecular weight excluding hydrogens is 376 g/mol. The lowest BCUT2D eigenvalue weighted by atomic mass is 9.95. The minimum absolute atomic E-state index is 0.111. The third-order valence-corrected chi connectivity index (χ3v) is 4.79. The van der Waals surface area contributed by atoms with E-state index in [-0.39, 0.29) is 18.8 Å². The maximum atomic E-state index is 12.7. The molecule has 3 aromatic rings. The predicted octanol–water partition coefficient (Wildman–Crippen LogP) is 1.53. The van der Waals surface area contributed by atoms with E-state index in [0.717, 1.165) is 5.56 Å². The van der Waals surface area contributed by atoms with Crippen LogP contribution in [0.2, 0.25) is 0 Å². The average Bonchev–Trinajstić information content (AvgIpc) is 3.29. The molecule has 0 radical (unpaired) electrons. The summed E-state index contributed by atoms with van der Waals surface area (Å²) in [4.78, 5) is 42.0. The maximum absolute atomic E-state index is 12.7. The van der Waals surface area contributed by atoms with Crippen LogP contribution in [0, 0.1) is 0 Å². The van der Waals surface area contributed by atoms with E-state index in [1.54, 1.807) is 43.6 Å². The second-order valence-electron chi connectivity index (χ2n) is 6.68. The summed E-state index contributed by atoms with van der Waals surface area (Å²) in [5.41, 5.74) is -0.377. The highest BCUT2D eigenvalue weighted by atomic mass is 16.5. The van der Waals surface area contributed by atoms with Gasteiger partial charge in [-0.25, -0.2) is 9.78 Å². The van der Waals surface area contributed by atoms with Crippen molar-refractivity contribution in [2.75, 3.05) is 13.7 Å². The average molecular weight is 394 g/mol. The Labute approximate surface area is 165 Å². The van der Waals surface area contributed by atoms with Crippen molar-refractivity contribution in [2.45, 2.75) is 12.1 Å². The fourth-order valence-corrected chi connectivity index (χ4v) is 3.34. The quantitative estimate of drug-likeness (QED) is 0.464. The molecule has 9 heteroatoms. The Morgan fingerprint density at radius 2 is 2.03 bits per heavy atom. The van der Waals surface area contributed by atoms with Crippen LogP contribution < -0.4 is 15.4 Å². The Kier molecular flexibility index (Phi) is 4.63. The van der Waals surface area contributed by atoms with Crippen molar-refractivity contribution in [3.8, 4) is 5.75 Å². The third kappa shape index (κ3) is 3.38. The van der Waals surface area contributed by atoms with Crippen molar-refractivity contribution in [1.29, 1.82) is 0 Å². The van der Waals surface area contributed by atoms with Gasteiger partial charge < -0.3 is 19.4 Å². The lowest BCUT2D eigenvalue weighted by Gasteiger charge is -2.29. The summed E-state index contributed by atoms with van der Waals surface area (Å²) in [6.45, 7) is 0.122. The van der Waals surface area contributed by atoms with Crippen LogP contribution in [0.25, 0.3) is 11.1 Å². The minimum atomic E-state index is -1.55. The number of nitrogens with one attached hydrogen (secondary N) is 2. The molecule has 0 aliphatic carbocycles. The Morgan fingerprint density at radius 1 is 1.24 bits per heavy atom. The zero-order valence-corrected chi connectivity index (χ0v) is 15.5. The molecule has 2 aromatic heterocycles. The van der Waals surface area contributed by atoms with Crippen LogP contribution in [0.5, 0.6) is 5.75 Å². The number of rotatable bonds is 7. The van der Waals surface area contributed by atoms with Gasteiger partial charge in [0.15, 0.2) is 5.54 Å². The highest BCUT2D eigenvalue weighted by Gasteiger charge is 2.51. The topological polar surface area (TPSA) is 114 Å². The van der Waals surface area contributed by atoms with Crippen LogP contribution in [-0.4, -0.2) is 41.9 Å². The van der Waals surface area contributed by atoms with Crippen molar-refractivity contribution in [3.05, 3.63) is 60.0 Å². The second kappa shape index (κ2) is 7.27. The number of urea groups is 1. The molecule has 3 heterocycles. The number of imide groups is 1. The van der Waals surface area contributed by atoms with E-state index < -0.39 is 17.5 Å². The molecule has 0 saturated carbocycles. The number of hydrogen-bond acceptors (Lipinski definition) is 6. The molecule has 148 valence electrons. The summed E-state index contributed by atoms with van der Waals surface area (Å²) in [5.74, 6) is 0.305. The zero-order valence-electron chi connectivity index (χ0n) is 15.5. The van der Waals surface area contributed by atoms with Gasteiger partial charge >= 0.3 is 6.03 Å². The molecule has 0 bridgehead atoms. The number of ether oxygens (including phenoxy) is 1. The van der Waals surface area contributed by atoms with Crippen molar-refractivity contribution in [3.63, 3.8) is 0 Å². The molecule has 1 aromatic carbocycles. The Morgan fingerprint density at radius 3 is 2.66 bits per heavy atom. The number of carbonyl (C=O) groups excluding carboxylic acids is 3. The third-order valence-electron chi connectivity index (χ3n) is 4.79. The highest BCUT2D eigenvalue weighted by Crippen LogP contribution is 2.31. The first kappa shape index (κ1) is 18.5. The molecule has 29 heavy (non-hydrogen) atoms. The molecule has 1 aliphatic rings. The van der Waals surface area contributed by atoms with Gasteiger partial charge in [0.2, 0.25) is 12.1 Å². The molecule has 2 N–H and O–H groups in total. The van der Waals surface area contributed by atoms with Crippen molar-refractivity contribution < 1.29 is 23.5 Å². The number of methoxy groups -OCH3 is 1. The number of pyridine rings is 1. The van der Waals surface area contributed by atoms with E-state index in [2.05, 4.69) is 15.6 Å². The van der Waals surface area contributed by atoms with E-state index in [9.17, 15) is 14.4 Å². The molecule has 1 saturated heterocycles. The predicted molar refractivity (Wildman–Crippen MR) is 102 cm³/mol. The van der Waals surface area contributed by atoms with E-state index in [4.69, 9.17) is 9.15 Å². The van der Waals surface area contributed by atoms with Gasteiger partial charge in [-0.1, -0.05) is 12.1 Å². The lowest BCUT2D eigenvalue weighted by molar-refractivity contribution is -0.127. The van der Waals surface area contributed by atoms with Crippen molar-refractivity contribution in [1.82, 2.24) is 20.5 Å². The number of fused-ring (bicyclic) bond motifs is 1. The van der Waals surface area contributed by atoms with E-state index in [1.807, 2.05) is 12.1 Å². The Balaban J connectivity index is 1.66. The van der Waals surface area contributed by atoms with Crippen molar-refractivity contribution in [2.24, 2.45) is 0 Å². The molecule has 1 aliphatic heterocycles. The highest BCUT2D eigenvalue weighted by molar-refractivity contribution is 6.07. The molecule has 0 spiro atoms. The number of aromatic nitrogens is 1.